The Labute approximate surface area is 107 Å². The van der Waals surface area contributed by atoms with Crippen molar-refractivity contribution in [1.29, 1.82) is 0 Å². The molecule has 0 aromatic heterocycles. The van der Waals surface area contributed by atoms with Crippen molar-refractivity contribution in [2.24, 2.45) is 5.92 Å². The molecule has 9 heteroatoms. The van der Waals surface area contributed by atoms with Gasteiger partial charge in [0.05, 0.1) is 19.3 Å². The number of carbonyl (C=O) groups is 1. The number of aliphatic hydroxyl groups is 3. The quantitative estimate of drug-likeness (QED) is 0.520. The summed E-state index contributed by atoms with van der Waals surface area (Å²) in [6.45, 7) is -0.763. The molecule has 0 spiro atoms. The second-order valence-electron chi connectivity index (χ2n) is 4.34. The van der Waals surface area contributed by atoms with Gasteiger partial charge in [0.2, 0.25) is 0 Å². The van der Waals surface area contributed by atoms with Crippen LogP contribution in [0.2, 0.25) is 0 Å². The third kappa shape index (κ3) is 4.30. The van der Waals surface area contributed by atoms with Crippen molar-refractivity contribution in [1.82, 2.24) is 5.32 Å². The lowest BCUT2D eigenvalue weighted by molar-refractivity contribution is -0.178. The Morgan fingerprint density at radius 2 is 1.95 bits per heavy atom. The van der Waals surface area contributed by atoms with Crippen LogP contribution in [0.5, 0.6) is 0 Å². The lowest BCUT2D eigenvalue weighted by atomic mass is 9.90. The van der Waals surface area contributed by atoms with E-state index in [9.17, 15) is 28.2 Å². The number of hydrogen-bond donors (Lipinski definition) is 4. The minimum atomic E-state index is -4.94. The predicted molar refractivity (Wildman–Crippen MR) is 56.0 cm³/mol. The Bertz CT molecular complexity index is 312. The normalized spacial score (nSPS) is 32.1. The van der Waals surface area contributed by atoms with Crippen molar-refractivity contribution in [3.05, 3.63) is 0 Å². The third-order valence-corrected chi connectivity index (χ3v) is 2.98. The number of aliphatic hydroxyl groups excluding tert-OH is 3. The van der Waals surface area contributed by atoms with Gasteiger partial charge in [-0.15, -0.1) is 0 Å². The third-order valence-electron chi connectivity index (χ3n) is 2.98. The first-order valence-electron chi connectivity index (χ1n) is 5.71. The molecule has 1 aliphatic rings. The topological polar surface area (TPSA) is 99.0 Å². The minimum absolute atomic E-state index is 0.00859. The second-order valence-corrected chi connectivity index (χ2v) is 4.34. The van der Waals surface area contributed by atoms with E-state index in [2.05, 4.69) is 0 Å². The molecule has 0 radical (unpaired) electrons. The van der Waals surface area contributed by atoms with E-state index in [1.165, 1.54) is 0 Å². The number of ether oxygens (including phenoxy) is 1. The molecular formula is C10H16F3NO5. The van der Waals surface area contributed by atoms with Gasteiger partial charge in [-0.05, 0) is 6.42 Å². The van der Waals surface area contributed by atoms with E-state index < -0.39 is 42.9 Å². The van der Waals surface area contributed by atoms with E-state index in [-0.39, 0.29) is 19.6 Å². The molecule has 1 saturated heterocycles. The van der Waals surface area contributed by atoms with Crippen LogP contribution < -0.4 is 5.32 Å². The monoisotopic (exact) mass is 287 g/mol. The highest BCUT2D eigenvalue weighted by Crippen LogP contribution is 2.23. The summed E-state index contributed by atoms with van der Waals surface area (Å²) < 4.78 is 40.7. The van der Waals surface area contributed by atoms with Crippen molar-refractivity contribution in [2.45, 2.75) is 30.9 Å². The Balaban J connectivity index is 2.37. The van der Waals surface area contributed by atoms with Crippen LogP contribution in [-0.4, -0.2) is 65.5 Å². The molecule has 1 rings (SSSR count). The Hall–Kier alpha value is -0.900. The van der Waals surface area contributed by atoms with Crippen molar-refractivity contribution in [3.8, 4) is 0 Å². The maximum atomic E-state index is 11.9. The molecule has 0 saturated carbocycles. The summed E-state index contributed by atoms with van der Waals surface area (Å²) in [5.74, 6) is -2.65. The maximum Gasteiger partial charge on any atom is 0.471 e. The average molecular weight is 287 g/mol. The van der Waals surface area contributed by atoms with Gasteiger partial charge in [0.15, 0.2) is 0 Å². The Morgan fingerprint density at radius 3 is 2.47 bits per heavy atom. The largest absolute Gasteiger partial charge is 0.471 e. The molecule has 19 heavy (non-hydrogen) atoms. The van der Waals surface area contributed by atoms with Gasteiger partial charge in [-0.25, -0.2) is 0 Å². The Morgan fingerprint density at radius 1 is 1.32 bits per heavy atom. The fourth-order valence-electron chi connectivity index (χ4n) is 1.83. The van der Waals surface area contributed by atoms with E-state index in [4.69, 9.17) is 9.84 Å². The van der Waals surface area contributed by atoms with Gasteiger partial charge in [0, 0.05) is 12.5 Å². The van der Waals surface area contributed by atoms with Gasteiger partial charge in [-0.2, -0.15) is 13.2 Å². The summed E-state index contributed by atoms with van der Waals surface area (Å²) in [7, 11) is 0. The molecular weight excluding hydrogens is 271 g/mol. The standard InChI is InChI=1S/C10H16F3NO5/c11-10(12,13)9(18)14-2-1-5-4-19-6(3-15)8(17)7(5)16/h5-8,15-17H,1-4H2,(H,14,18)/t5-,6-,7-,8+/m1/s1. The van der Waals surface area contributed by atoms with Crippen LogP contribution in [0.25, 0.3) is 0 Å². The van der Waals surface area contributed by atoms with Crippen LogP contribution in [-0.2, 0) is 9.53 Å². The summed E-state index contributed by atoms with van der Waals surface area (Å²) in [5.41, 5.74) is 0. The number of hydrogen-bond acceptors (Lipinski definition) is 5. The summed E-state index contributed by atoms with van der Waals surface area (Å²) >= 11 is 0. The van der Waals surface area contributed by atoms with Gasteiger partial charge >= 0.3 is 12.1 Å². The molecule has 0 aromatic carbocycles. The van der Waals surface area contributed by atoms with Gasteiger partial charge < -0.3 is 25.4 Å². The van der Waals surface area contributed by atoms with Crippen LogP contribution >= 0.6 is 0 Å². The first-order chi connectivity index (χ1) is 8.77. The number of halogens is 3. The highest BCUT2D eigenvalue weighted by molar-refractivity contribution is 5.81. The second kappa shape index (κ2) is 6.51. The van der Waals surface area contributed by atoms with Crippen molar-refractivity contribution in [2.75, 3.05) is 19.8 Å². The first kappa shape index (κ1) is 16.2. The summed E-state index contributed by atoms with van der Waals surface area (Å²) in [6.07, 6.45) is -8.34. The predicted octanol–water partition coefficient (Wildman–Crippen LogP) is -1.22. The molecule has 4 atom stereocenters. The molecule has 1 aliphatic heterocycles. The number of amides is 1. The summed E-state index contributed by atoms with van der Waals surface area (Å²) in [5, 5.41) is 29.7. The minimum Gasteiger partial charge on any atom is -0.394 e. The zero-order valence-electron chi connectivity index (χ0n) is 9.93. The number of nitrogens with one attached hydrogen (secondary N) is 1. The molecule has 4 N–H and O–H groups in total. The van der Waals surface area contributed by atoms with Gasteiger partial charge in [-0.1, -0.05) is 0 Å². The smallest absolute Gasteiger partial charge is 0.394 e. The lowest BCUT2D eigenvalue weighted by Crippen LogP contribution is -2.52. The van der Waals surface area contributed by atoms with Crippen molar-refractivity contribution >= 4 is 5.91 Å². The SMILES string of the molecule is O=C(NCC[C@@H]1CO[C@H](CO)[C@H](O)[C@@H]1O)C(F)(F)F. The zero-order chi connectivity index (χ0) is 14.6. The van der Waals surface area contributed by atoms with Gasteiger partial charge in [0.25, 0.3) is 0 Å². The molecule has 1 amide bonds. The van der Waals surface area contributed by atoms with E-state index in [0.717, 1.165) is 0 Å². The van der Waals surface area contributed by atoms with E-state index >= 15 is 0 Å². The summed E-state index contributed by atoms with van der Waals surface area (Å²) in [4.78, 5) is 10.5. The molecule has 1 heterocycles. The number of alkyl halides is 3. The number of rotatable bonds is 4. The van der Waals surface area contributed by atoms with E-state index in [0.29, 0.717) is 0 Å². The van der Waals surface area contributed by atoms with Crippen LogP contribution in [0.15, 0.2) is 0 Å². The van der Waals surface area contributed by atoms with Crippen molar-refractivity contribution < 1.29 is 38.0 Å². The maximum absolute atomic E-state index is 11.9. The molecule has 0 aliphatic carbocycles. The van der Waals surface area contributed by atoms with Crippen LogP contribution in [0, 0.1) is 5.92 Å². The highest BCUT2D eigenvalue weighted by Gasteiger charge is 2.40. The van der Waals surface area contributed by atoms with Gasteiger partial charge in [0.1, 0.15) is 12.2 Å². The molecule has 6 nitrogen and oxygen atoms in total. The Kier molecular flexibility index (Phi) is 5.53. The molecule has 0 unspecified atom stereocenters. The molecule has 1 fully saturated rings. The van der Waals surface area contributed by atoms with E-state index in [1.54, 1.807) is 5.32 Å². The van der Waals surface area contributed by atoms with Crippen LogP contribution in [0.1, 0.15) is 6.42 Å². The molecule has 112 valence electrons. The fraction of sp³-hybridized carbons (Fsp3) is 0.900. The van der Waals surface area contributed by atoms with Crippen LogP contribution in [0.4, 0.5) is 13.2 Å². The highest BCUT2D eigenvalue weighted by atomic mass is 19.4. The van der Waals surface area contributed by atoms with E-state index in [1.807, 2.05) is 0 Å². The molecule has 0 bridgehead atoms. The summed E-state index contributed by atoms with van der Waals surface area (Å²) in [6, 6.07) is 0. The number of carbonyl (C=O) groups excluding carboxylic acids is 1. The average Bonchev–Trinajstić information content (AvgIpc) is 2.33. The zero-order valence-corrected chi connectivity index (χ0v) is 9.93. The fourth-order valence-corrected chi connectivity index (χ4v) is 1.83. The van der Waals surface area contributed by atoms with Crippen LogP contribution in [0.3, 0.4) is 0 Å². The first-order valence-corrected chi connectivity index (χ1v) is 5.71. The molecule has 0 aromatic rings. The van der Waals surface area contributed by atoms with Gasteiger partial charge in [-0.3, -0.25) is 4.79 Å². The van der Waals surface area contributed by atoms with Crippen molar-refractivity contribution in [3.63, 3.8) is 0 Å². The lowest BCUT2D eigenvalue weighted by Gasteiger charge is -2.36.